The van der Waals surface area contributed by atoms with Crippen LogP contribution in [0.15, 0.2) is 34.9 Å². The zero-order valence-electron chi connectivity index (χ0n) is 8.39. The van der Waals surface area contributed by atoms with E-state index in [2.05, 4.69) is 26.1 Å². The molecule has 0 spiro atoms. The van der Waals surface area contributed by atoms with Gasteiger partial charge in [-0.25, -0.2) is 4.79 Å². The van der Waals surface area contributed by atoms with Gasteiger partial charge in [0, 0.05) is 10.0 Å². The number of rotatable bonds is 2. The van der Waals surface area contributed by atoms with Crippen LogP contribution in [0.25, 0.3) is 11.1 Å². The number of carbonyl (C=O) groups is 1. The molecule has 1 N–H and O–H groups in total. The van der Waals surface area contributed by atoms with Crippen molar-refractivity contribution in [3.05, 3.63) is 45.7 Å². The Kier molecular flexibility index (Phi) is 3.40. The lowest BCUT2D eigenvalue weighted by Crippen LogP contribution is -2.03. The second-order valence-electron chi connectivity index (χ2n) is 3.24. The molecule has 86 valence electrons. The number of hydrogen-bond donors (Lipinski definition) is 1. The Morgan fingerprint density at radius 1 is 1.29 bits per heavy atom. The van der Waals surface area contributed by atoms with Crippen molar-refractivity contribution >= 4 is 33.5 Å². The van der Waals surface area contributed by atoms with E-state index in [0.29, 0.717) is 5.56 Å². The number of aromatic carboxylic acids is 1. The van der Waals surface area contributed by atoms with Crippen molar-refractivity contribution in [2.24, 2.45) is 0 Å². The molecule has 0 atom stereocenters. The summed E-state index contributed by atoms with van der Waals surface area (Å²) >= 11 is 9.05. The van der Waals surface area contributed by atoms with Gasteiger partial charge >= 0.3 is 5.97 Å². The van der Waals surface area contributed by atoms with Crippen LogP contribution in [0, 0.1) is 0 Å². The van der Waals surface area contributed by atoms with Crippen molar-refractivity contribution in [3.63, 3.8) is 0 Å². The zero-order valence-corrected chi connectivity index (χ0v) is 10.7. The molecule has 0 radical (unpaired) electrons. The summed E-state index contributed by atoms with van der Waals surface area (Å²) in [5.74, 6) is -1.12. The monoisotopic (exact) mass is 312 g/mol. The van der Waals surface area contributed by atoms with Gasteiger partial charge in [0.05, 0.1) is 6.20 Å². The van der Waals surface area contributed by atoms with Gasteiger partial charge in [0.2, 0.25) is 0 Å². The topological polar surface area (TPSA) is 63.1 Å². The van der Waals surface area contributed by atoms with Gasteiger partial charge in [-0.3, -0.25) is 0 Å². The molecule has 0 unspecified atom stereocenters. The van der Waals surface area contributed by atoms with Gasteiger partial charge in [-0.05, 0) is 17.7 Å². The number of aromatic nitrogens is 2. The van der Waals surface area contributed by atoms with Crippen LogP contribution in [0.5, 0.6) is 0 Å². The van der Waals surface area contributed by atoms with Gasteiger partial charge in [0.25, 0.3) is 0 Å². The van der Waals surface area contributed by atoms with Crippen molar-refractivity contribution < 1.29 is 9.90 Å². The fourth-order valence-corrected chi connectivity index (χ4v) is 1.91. The van der Waals surface area contributed by atoms with Crippen LogP contribution in [0.3, 0.4) is 0 Å². The van der Waals surface area contributed by atoms with E-state index in [-0.39, 0.29) is 10.7 Å². The highest BCUT2D eigenvalue weighted by Crippen LogP contribution is 2.27. The molecule has 0 amide bonds. The summed E-state index contributed by atoms with van der Waals surface area (Å²) in [7, 11) is 0. The van der Waals surface area contributed by atoms with E-state index in [1.807, 2.05) is 12.1 Å². The Hall–Kier alpha value is -1.46. The first-order chi connectivity index (χ1) is 8.09. The third-order valence-electron chi connectivity index (χ3n) is 2.18. The number of carboxylic acid groups (broad SMARTS) is 1. The molecule has 0 fully saturated rings. The number of carboxylic acids is 1. The molecule has 4 nitrogen and oxygen atoms in total. The molecule has 17 heavy (non-hydrogen) atoms. The lowest BCUT2D eigenvalue weighted by atomic mass is 10.0. The molecule has 0 aliphatic heterocycles. The molecular formula is C11H6BrClN2O2. The maximum atomic E-state index is 11.1. The van der Waals surface area contributed by atoms with Gasteiger partial charge in [-0.1, -0.05) is 39.7 Å². The number of halogens is 2. The lowest BCUT2D eigenvalue weighted by molar-refractivity contribution is 0.0697. The first kappa shape index (κ1) is 12.0. The van der Waals surface area contributed by atoms with E-state index >= 15 is 0 Å². The van der Waals surface area contributed by atoms with Gasteiger partial charge in [0.15, 0.2) is 5.15 Å². The number of benzene rings is 1. The Morgan fingerprint density at radius 3 is 2.53 bits per heavy atom. The molecule has 0 aliphatic carbocycles. The number of nitrogens with zero attached hydrogens (tertiary/aromatic N) is 2. The SMILES string of the molecule is O=C(O)c1c(-c2ccc(Br)cc2)cnnc1Cl. The highest BCUT2D eigenvalue weighted by atomic mass is 79.9. The zero-order chi connectivity index (χ0) is 12.4. The van der Waals surface area contributed by atoms with E-state index < -0.39 is 5.97 Å². The van der Waals surface area contributed by atoms with Crippen molar-refractivity contribution in [2.45, 2.75) is 0 Å². The minimum absolute atomic E-state index is 0.0380. The second-order valence-corrected chi connectivity index (χ2v) is 4.51. The van der Waals surface area contributed by atoms with Crippen molar-refractivity contribution in [1.29, 1.82) is 0 Å². The van der Waals surface area contributed by atoms with Crippen LogP contribution in [0.1, 0.15) is 10.4 Å². The van der Waals surface area contributed by atoms with Crippen LogP contribution < -0.4 is 0 Å². The third-order valence-corrected chi connectivity index (χ3v) is 2.97. The maximum absolute atomic E-state index is 11.1. The van der Waals surface area contributed by atoms with Crippen LogP contribution >= 0.6 is 27.5 Å². The van der Waals surface area contributed by atoms with Gasteiger partial charge in [-0.15, -0.1) is 5.10 Å². The molecule has 0 saturated heterocycles. The molecule has 2 rings (SSSR count). The van der Waals surface area contributed by atoms with Gasteiger partial charge in [0.1, 0.15) is 5.56 Å². The van der Waals surface area contributed by atoms with Gasteiger partial charge < -0.3 is 5.11 Å². The molecule has 1 heterocycles. The van der Waals surface area contributed by atoms with Crippen molar-refractivity contribution in [2.75, 3.05) is 0 Å². The first-order valence-electron chi connectivity index (χ1n) is 4.60. The van der Waals surface area contributed by atoms with E-state index in [4.69, 9.17) is 16.7 Å². The summed E-state index contributed by atoms with van der Waals surface area (Å²) in [6, 6.07) is 7.19. The quantitative estimate of drug-likeness (QED) is 0.924. The van der Waals surface area contributed by atoms with Crippen LogP contribution in [0.2, 0.25) is 5.15 Å². The summed E-state index contributed by atoms with van der Waals surface area (Å²) in [6.07, 6.45) is 1.39. The molecule has 1 aromatic carbocycles. The minimum atomic E-state index is -1.12. The van der Waals surface area contributed by atoms with Crippen molar-refractivity contribution in [1.82, 2.24) is 10.2 Å². The highest BCUT2D eigenvalue weighted by Gasteiger charge is 2.17. The average Bonchev–Trinajstić information content (AvgIpc) is 2.29. The molecule has 0 aliphatic rings. The fourth-order valence-electron chi connectivity index (χ4n) is 1.41. The van der Waals surface area contributed by atoms with Crippen LogP contribution in [0.4, 0.5) is 0 Å². The summed E-state index contributed by atoms with van der Waals surface area (Å²) < 4.78 is 0.909. The Bertz CT molecular complexity index is 572. The molecule has 2 aromatic rings. The maximum Gasteiger partial charge on any atom is 0.339 e. The Labute approximate surface area is 110 Å². The third kappa shape index (κ3) is 2.45. The van der Waals surface area contributed by atoms with Crippen molar-refractivity contribution in [3.8, 4) is 11.1 Å². The van der Waals surface area contributed by atoms with E-state index in [1.165, 1.54) is 6.20 Å². The smallest absolute Gasteiger partial charge is 0.339 e. The highest BCUT2D eigenvalue weighted by molar-refractivity contribution is 9.10. The first-order valence-corrected chi connectivity index (χ1v) is 5.77. The molecule has 1 aromatic heterocycles. The van der Waals surface area contributed by atoms with E-state index in [1.54, 1.807) is 12.1 Å². The lowest BCUT2D eigenvalue weighted by Gasteiger charge is -2.06. The molecule has 0 saturated carbocycles. The second kappa shape index (κ2) is 4.81. The number of hydrogen-bond acceptors (Lipinski definition) is 3. The average molecular weight is 314 g/mol. The molecular weight excluding hydrogens is 307 g/mol. The predicted octanol–water partition coefficient (Wildman–Crippen LogP) is 3.26. The minimum Gasteiger partial charge on any atom is -0.478 e. The van der Waals surface area contributed by atoms with Gasteiger partial charge in [-0.2, -0.15) is 5.10 Å². The standard InChI is InChI=1S/C11H6BrClN2O2/c12-7-3-1-6(2-4-7)8-5-14-15-10(13)9(8)11(16)17/h1-5H,(H,16,17). The predicted molar refractivity (Wildman–Crippen MR) is 67.1 cm³/mol. The summed E-state index contributed by atoms with van der Waals surface area (Å²) in [5, 5.41) is 16.2. The molecule has 6 heteroatoms. The molecule has 0 bridgehead atoms. The summed E-state index contributed by atoms with van der Waals surface area (Å²) in [5.41, 5.74) is 1.14. The largest absolute Gasteiger partial charge is 0.478 e. The van der Waals surface area contributed by atoms with Crippen LogP contribution in [-0.2, 0) is 0 Å². The van der Waals surface area contributed by atoms with Crippen LogP contribution in [-0.4, -0.2) is 21.3 Å². The summed E-state index contributed by atoms with van der Waals surface area (Å²) in [4.78, 5) is 11.1. The van der Waals surface area contributed by atoms with E-state index in [0.717, 1.165) is 10.0 Å². The van der Waals surface area contributed by atoms with E-state index in [9.17, 15) is 4.79 Å². The normalized spacial score (nSPS) is 10.2. The summed E-state index contributed by atoms with van der Waals surface area (Å²) in [6.45, 7) is 0. The fraction of sp³-hybridized carbons (Fsp3) is 0. The Balaban J connectivity index is 2.63. The Morgan fingerprint density at radius 2 is 1.94 bits per heavy atom.